The molecule has 0 aliphatic heterocycles. The minimum Gasteiger partial charge on any atom is -0.493 e. The number of hydrogen-bond acceptors (Lipinski definition) is 3. The van der Waals surface area contributed by atoms with Gasteiger partial charge in [-0.3, -0.25) is 0 Å². The van der Waals surface area contributed by atoms with E-state index in [0.717, 1.165) is 50.8 Å². The fraction of sp³-hybridized carbons (Fsp3) is 0.667. The van der Waals surface area contributed by atoms with E-state index in [9.17, 15) is 0 Å². The van der Waals surface area contributed by atoms with Crippen LogP contribution in [-0.2, 0) is 17.6 Å². The maximum atomic E-state index is 5.95. The Morgan fingerprint density at radius 1 is 1.27 bits per heavy atom. The van der Waals surface area contributed by atoms with E-state index in [2.05, 4.69) is 25.1 Å². The molecule has 1 aromatic carbocycles. The fourth-order valence-corrected chi connectivity index (χ4v) is 2.37. The van der Waals surface area contributed by atoms with Gasteiger partial charge < -0.3 is 15.2 Å². The fourth-order valence-electron chi connectivity index (χ4n) is 2.37. The highest BCUT2D eigenvalue weighted by Gasteiger charge is 2.20. The Morgan fingerprint density at radius 2 is 2.05 bits per heavy atom. The number of rotatable bonds is 10. The van der Waals surface area contributed by atoms with Crippen LogP contribution < -0.4 is 10.5 Å². The summed E-state index contributed by atoms with van der Waals surface area (Å²) in [5.41, 5.74) is 8.48. The van der Waals surface area contributed by atoms with Crippen molar-refractivity contribution in [1.29, 1.82) is 0 Å². The number of halogens is 1. The van der Waals surface area contributed by atoms with Crippen molar-refractivity contribution in [3.05, 3.63) is 29.3 Å². The molecule has 1 saturated carbocycles. The highest BCUT2D eigenvalue weighted by molar-refractivity contribution is 5.85. The van der Waals surface area contributed by atoms with Crippen LogP contribution in [0.3, 0.4) is 0 Å². The van der Waals surface area contributed by atoms with Gasteiger partial charge in [0.25, 0.3) is 0 Å². The molecule has 2 N–H and O–H groups in total. The molecular weight excluding hydrogens is 298 g/mol. The summed E-state index contributed by atoms with van der Waals surface area (Å²) in [6.45, 7) is 6.66. The molecule has 0 spiro atoms. The molecule has 1 fully saturated rings. The molecule has 0 bridgehead atoms. The van der Waals surface area contributed by atoms with E-state index < -0.39 is 0 Å². The summed E-state index contributed by atoms with van der Waals surface area (Å²) in [5, 5.41) is 0. The van der Waals surface area contributed by atoms with Gasteiger partial charge in [-0.05, 0) is 62.1 Å². The third-order valence-corrected chi connectivity index (χ3v) is 3.71. The first-order valence-corrected chi connectivity index (χ1v) is 8.27. The molecule has 1 aliphatic carbocycles. The van der Waals surface area contributed by atoms with Crippen molar-refractivity contribution in [1.82, 2.24) is 0 Å². The number of ether oxygens (including phenoxy) is 2. The van der Waals surface area contributed by atoms with Crippen molar-refractivity contribution >= 4 is 12.4 Å². The monoisotopic (exact) mass is 327 g/mol. The lowest BCUT2D eigenvalue weighted by Crippen LogP contribution is -2.18. The maximum absolute atomic E-state index is 5.95. The topological polar surface area (TPSA) is 44.5 Å². The summed E-state index contributed by atoms with van der Waals surface area (Å²) < 4.78 is 11.5. The minimum atomic E-state index is 0. The Hall–Kier alpha value is -0.770. The van der Waals surface area contributed by atoms with Crippen LogP contribution in [0.5, 0.6) is 5.75 Å². The molecule has 1 aromatic rings. The van der Waals surface area contributed by atoms with Crippen LogP contribution in [-0.4, -0.2) is 25.9 Å². The molecule has 0 aromatic heterocycles. The predicted molar refractivity (Wildman–Crippen MR) is 94.1 cm³/mol. The lowest BCUT2D eigenvalue weighted by molar-refractivity contribution is 0.127. The van der Waals surface area contributed by atoms with Gasteiger partial charge in [-0.1, -0.05) is 19.1 Å². The molecule has 126 valence electrons. The second-order valence-corrected chi connectivity index (χ2v) is 6.24. The van der Waals surface area contributed by atoms with Crippen LogP contribution in [0.1, 0.15) is 44.2 Å². The van der Waals surface area contributed by atoms with E-state index in [1.54, 1.807) is 0 Å². The number of benzene rings is 1. The molecule has 3 nitrogen and oxygen atoms in total. The molecule has 2 rings (SSSR count). The number of hydrogen-bond donors (Lipinski definition) is 1. The first kappa shape index (κ1) is 19.3. The van der Waals surface area contributed by atoms with E-state index in [1.807, 2.05) is 6.92 Å². The van der Waals surface area contributed by atoms with Crippen molar-refractivity contribution in [2.75, 3.05) is 19.8 Å². The molecule has 1 atom stereocenters. The van der Waals surface area contributed by atoms with Gasteiger partial charge in [0.05, 0.1) is 13.2 Å². The van der Waals surface area contributed by atoms with Gasteiger partial charge in [-0.2, -0.15) is 0 Å². The summed E-state index contributed by atoms with van der Waals surface area (Å²) in [7, 11) is 0. The lowest BCUT2D eigenvalue weighted by Gasteiger charge is -2.14. The van der Waals surface area contributed by atoms with Crippen LogP contribution >= 0.6 is 12.4 Å². The van der Waals surface area contributed by atoms with Gasteiger partial charge >= 0.3 is 0 Å². The first-order valence-electron chi connectivity index (χ1n) is 8.27. The Labute approximate surface area is 141 Å². The highest BCUT2D eigenvalue weighted by Crippen LogP contribution is 2.29. The molecule has 0 heterocycles. The van der Waals surface area contributed by atoms with Crippen LogP contribution in [0.4, 0.5) is 0 Å². The molecule has 1 aliphatic rings. The second kappa shape index (κ2) is 10.1. The molecule has 22 heavy (non-hydrogen) atoms. The minimum absolute atomic E-state index is 0. The highest BCUT2D eigenvalue weighted by atomic mass is 35.5. The van der Waals surface area contributed by atoms with Crippen LogP contribution in [0.2, 0.25) is 0 Å². The van der Waals surface area contributed by atoms with Crippen molar-refractivity contribution in [2.24, 2.45) is 11.7 Å². The van der Waals surface area contributed by atoms with Crippen molar-refractivity contribution in [2.45, 2.75) is 52.0 Å². The Bertz CT molecular complexity index is 433. The van der Waals surface area contributed by atoms with Gasteiger partial charge in [-0.15, -0.1) is 12.4 Å². The van der Waals surface area contributed by atoms with Crippen LogP contribution in [0, 0.1) is 5.92 Å². The largest absolute Gasteiger partial charge is 0.493 e. The smallest absolute Gasteiger partial charge is 0.122 e. The number of nitrogens with two attached hydrogens (primary N) is 1. The van der Waals surface area contributed by atoms with E-state index in [4.69, 9.17) is 15.2 Å². The molecule has 0 radical (unpaired) electrons. The molecule has 0 amide bonds. The molecule has 1 unspecified atom stereocenters. The van der Waals surface area contributed by atoms with Crippen LogP contribution in [0.15, 0.2) is 18.2 Å². The van der Waals surface area contributed by atoms with E-state index in [1.165, 1.54) is 24.0 Å². The Kier molecular flexibility index (Phi) is 8.84. The SMILES string of the molecule is CCCOc1ccc(CCOCC2CC2)cc1CC(C)N.Cl. The molecular formula is C18H30ClNO2. The van der Waals surface area contributed by atoms with Gasteiger partial charge in [-0.25, -0.2) is 0 Å². The summed E-state index contributed by atoms with van der Waals surface area (Å²) >= 11 is 0. The van der Waals surface area contributed by atoms with Gasteiger partial charge in [0, 0.05) is 12.6 Å². The average molecular weight is 328 g/mol. The van der Waals surface area contributed by atoms with Crippen molar-refractivity contribution in [3.63, 3.8) is 0 Å². The molecule has 4 heteroatoms. The average Bonchev–Trinajstić information content (AvgIpc) is 3.26. The summed E-state index contributed by atoms with van der Waals surface area (Å²) in [4.78, 5) is 0. The third-order valence-electron chi connectivity index (χ3n) is 3.71. The summed E-state index contributed by atoms with van der Waals surface area (Å²) in [6, 6.07) is 6.62. The third kappa shape index (κ3) is 6.99. The second-order valence-electron chi connectivity index (χ2n) is 6.24. The normalized spacial score (nSPS) is 15.2. The zero-order valence-electron chi connectivity index (χ0n) is 13.8. The van der Waals surface area contributed by atoms with Crippen molar-refractivity contribution < 1.29 is 9.47 Å². The van der Waals surface area contributed by atoms with Gasteiger partial charge in [0.2, 0.25) is 0 Å². The Balaban J connectivity index is 0.00000242. The van der Waals surface area contributed by atoms with E-state index in [-0.39, 0.29) is 18.4 Å². The van der Waals surface area contributed by atoms with E-state index in [0.29, 0.717) is 0 Å². The van der Waals surface area contributed by atoms with Crippen molar-refractivity contribution in [3.8, 4) is 5.75 Å². The lowest BCUT2D eigenvalue weighted by atomic mass is 10.0. The summed E-state index contributed by atoms with van der Waals surface area (Å²) in [6.07, 6.45) is 5.54. The summed E-state index contributed by atoms with van der Waals surface area (Å²) in [5.74, 6) is 1.82. The van der Waals surface area contributed by atoms with E-state index >= 15 is 0 Å². The van der Waals surface area contributed by atoms with Gasteiger partial charge in [0.15, 0.2) is 0 Å². The van der Waals surface area contributed by atoms with Gasteiger partial charge in [0.1, 0.15) is 5.75 Å². The first-order chi connectivity index (χ1) is 10.2. The maximum Gasteiger partial charge on any atom is 0.122 e. The zero-order valence-corrected chi connectivity index (χ0v) is 14.7. The quantitative estimate of drug-likeness (QED) is 0.665. The predicted octanol–water partition coefficient (Wildman–Crippen LogP) is 3.76. The molecule has 0 saturated heterocycles. The standard InChI is InChI=1S/C18H29NO2.ClH/c1-3-9-21-18-7-6-15(12-17(18)11-14(2)19)8-10-20-13-16-4-5-16;/h6-7,12,14,16H,3-5,8-11,13,19H2,1-2H3;1H. The Morgan fingerprint density at radius 3 is 2.68 bits per heavy atom. The van der Waals surface area contributed by atoms with Crippen LogP contribution in [0.25, 0.3) is 0 Å². The zero-order chi connectivity index (χ0) is 15.1.